The summed E-state index contributed by atoms with van der Waals surface area (Å²) in [5, 5.41) is 9.15. The quantitative estimate of drug-likeness (QED) is 0.814. The Morgan fingerprint density at radius 1 is 1.17 bits per heavy atom. The Morgan fingerprint density at radius 3 is 2.44 bits per heavy atom. The number of carbonyl (C=O) groups is 1. The summed E-state index contributed by atoms with van der Waals surface area (Å²) in [5.74, 6) is -0.478. The molecule has 2 rings (SSSR count). The maximum Gasteiger partial charge on any atom is 0.307 e. The fourth-order valence-electron chi connectivity index (χ4n) is 2.57. The van der Waals surface area contributed by atoms with E-state index in [0.29, 0.717) is 12.3 Å². The third-order valence-corrected chi connectivity index (χ3v) is 5.75. The van der Waals surface area contributed by atoms with Crippen LogP contribution >= 0.6 is 31.9 Å². The Bertz CT molecular complexity index is 408. The zero-order valence-electron chi connectivity index (χ0n) is 9.93. The van der Waals surface area contributed by atoms with E-state index >= 15 is 0 Å². The third-order valence-electron chi connectivity index (χ3n) is 3.61. The fourth-order valence-corrected chi connectivity index (χ4v) is 4.30. The fraction of sp³-hybridized carbons (Fsp3) is 0.500. The molecule has 1 N–H and O–H groups in total. The Balaban J connectivity index is 2.01. The molecule has 1 aliphatic rings. The van der Waals surface area contributed by atoms with Gasteiger partial charge in [0.25, 0.3) is 0 Å². The summed E-state index contributed by atoms with van der Waals surface area (Å²) in [6.07, 6.45) is 2.61. The zero-order chi connectivity index (χ0) is 13.1. The lowest BCUT2D eigenvalue weighted by molar-refractivity contribution is -0.142. The lowest BCUT2D eigenvalue weighted by Crippen LogP contribution is -2.37. The van der Waals surface area contributed by atoms with Crippen LogP contribution in [0.1, 0.15) is 18.4 Å². The molecule has 1 saturated carbocycles. The molecule has 0 spiro atoms. The van der Waals surface area contributed by atoms with Gasteiger partial charge in [0.15, 0.2) is 0 Å². The minimum absolute atomic E-state index is 0.0810. The van der Waals surface area contributed by atoms with Crippen molar-refractivity contribution in [2.45, 2.75) is 28.9 Å². The molecule has 0 bridgehead atoms. The molecular weight excluding hydrogens is 360 g/mol. The number of aliphatic carboxylic acids is 1. The average Bonchev–Trinajstić information content (AvgIpc) is 2.34. The third kappa shape index (κ3) is 3.35. The monoisotopic (exact) mass is 374 g/mol. The van der Waals surface area contributed by atoms with Gasteiger partial charge < -0.3 is 5.11 Å². The second kappa shape index (κ2) is 6.20. The van der Waals surface area contributed by atoms with E-state index in [1.54, 1.807) is 0 Å². The molecule has 1 aromatic carbocycles. The van der Waals surface area contributed by atoms with Crippen LogP contribution in [-0.2, 0) is 11.2 Å². The van der Waals surface area contributed by atoms with Crippen molar-refractivity contribution in [3.63, 3.8) is 0 Å². The number of carboxylic acid groups (broad SMARTS) is 1. The van der Waals surface area contributed by atoms with Gasteiger partial charge in [-0.25, -0.2) is 0 Å². The smallest absolute Gasteiger partial charge is 0.307 e. The molecule has 0 aromatic heterocycles. The van der Waals surface area contributed by atoms with Gasteiger partial charge in [-0.05, 0) is 30.7 Å². The minimum atomic E-state index is -0.695. The van der Waals surface area contributed by atoms with E-state index in [0.717, 1.165) is 12.8 Å². The summed E-state index contributed by atoms with van der Waals surface area (Å²) in [4.78, 5) is 11.5. The summed E-state index contributed by atoms with van der Waals surface area (Å²) in [6, 6.07) is 10.4. The highest BCUT2D eigenvalue weighted by atomic mass is 79.9. The van der Waals surface area contributed by atoms with E-state index in [9.17, 15) is 4.79 Å². The lowest BCUT2D eigenvalue weighted by atomic mass is 9.79. The summed E-state index contributed by atoms with van der Waals surface area (Å²) in [6.45, 7) is 0. The number of carboxylic acids is 1. The van der Waals surface area contributed by atoms with Gasteiger partial charge in [0.1, 0.15) is 0 Å². The molecule has 4 unspecified atom stereocenters. The van der Waals surface area contributed by atoms with Gasteiger partial charge in [0.2, 0.25) is 0 Å². The van der Waals surface area contributed by atoms with Crippen LogP contribution < -0.4 is 0 Å². The first-order chi connectivity index (χ1) is 8.58. The topological polar surface area (TPSA) is 37.3 Å². The normalized spacial score (nSPS) is 32.1. The predicted octanol–water partition coefficient (Wildman–Crippen LogP) is 3.87. The molecule has 0 saturated heterocycles. The predicted molar refractivity (Wildman–Crippen MR) is 79.4 cm³/mol. The van der Waals surface area contributed by atoms with E-state index in [1.807, 2.05) is 18.2 Å². The molecule has 4 atom stereocenters. The Labute approximate surface area is 124 Å². The van der Waals surface area contributed by atoms with Gasteiger partial charge in [-0.2, -0.15) is 0 Å². The van der Waals surface area contributed by atoms with Gasteiger partial charge in [0, 0.05) is 9.65 Å². The Morgan fingerprint density at radius 2 is 1.83 bits per heavy atom. The highest BCUT2D eigenvalue weighted by molar-refractivity contribution is 9.10. The van der Waals surface area contributed by atoms with Crippen molar-refractivity contribution in [2.75, 3.05) is 0 Å². The molecule has 0 heterocycles. The molecule has 4 heteroatoms. The van der Waals surface area contributed by atoms with Crippen molar-refractivity contribution in [2.24, 2.45) is 11.8 Å². The highest BCUT2D eigenvalue weighted by Crippen LogP contribution is 2.39. The first kappa shape index (κ1) is 14.1. The first-order valence-corrected chi connectivity index (χ1v) is 7.96. The van der Waals surface area contributed by atoms with Crippen LogP contribution in [0, 0.1) is 11.8 Å². The average molecular weight is 376 g/mol. The molecule has 18 heavy (non-hydrogen) atoms. The van der Waals surface area contributed by atoms with Gasteiger partial charge >= 0.3 is 5.97 Å². The van der Waals surface area contributed by atoms with Crippen molar-refractivity contribution in [3.8, 4) is 0 Å². The number of hydrogen-bond donors (Lipinski definition) is 1. The van der Waals surface area contributed by atoms with Crippen LogP contribution in [0.4, 0.5) is 0 Å². The largest absolute Gasteiger partial charge is 0.481 e. The van der Waals surface area contributed by atoms with E-state index in [-0.39, 0.29) is 15.6 Å². The van der Waals surface area contributed by atoms with Crippen molar-refractivity contribution in [3.05, 3.63) is 35.9 Å². The summed E-state index contributed by atoms with van der Waals surface area (Å²) < 4.78 is 0. The summed E-state index contributed by atoms with van der Waals surface area (Å²) in [5.41, 5.74) is 1.32. The second-order valence-electron chi connectivity index (χ2n) is 4.90. The molecule has 1 aliphatic carbocycles. The van der Waals surface area contributed by atoms with Gasteiger partial charge in [-0.15, -0.1) is 0 Å². The SMILES string of the molecule is O=C(O)C1CC(Br)C(Cc2ccccc2)CC1Br. The van der Waals surface area contributed by atoms with Crippen LogP contribution in [0.2, 0.25) is 0 Å². The highest BCUT2D eigenvalue weighted by Gasteiger charge is 2.38. The standard InChI is InChI=1S/C14H16Br2O2/c15-12-8-11(14(17)18)13(16)7-10(12)6-9-4-2-1-3-5-9/h1-5,10-13H,6-8H2,(H,17,18). The molecule has 1 fully saturated rings. The van der Waals surface area contributed by atoms with Crippen molar-refractivity contribution >= 4 is 37.8 Å². The summed E-state index contributed by atoms with van der Waals surface area (Å²) >= 11 is 7.20. The van der Waals surface area contributed by atoms with Crippen LogP contribution in [0.15, 0.2) is 30.3 Å². The van der Waals surface area contributed by atoms with Crippen molar-refractivity contribution < 1.29 is 9.90 Å². The molecule has 0 radical (unpaired) electrons. The summed E-state index contributed by atoms with van der Waals surface area (Å²) in [7, 11) is 0. The minimum Gasteiger partial charge on any atom is -0.481 e. The number of rotatable bonds is 3. The lowest BCUT2D eigenvalue weighted by Gasteiger charge is -2.34. The number of hydrogen-bond acceptors (Lipinski definition) is 1. The molecule has 0 amide bonds. The maximum atomic E-state index is 11.1. The molecular formula is C14H16Br2O2. The molecule has 0 aliphatic heterocycles. The maximum absolute atomic E-state index is 11.1. The van der Waals surface area contributed by atoms with E-state index in [1.165, 1.54) is 5.56 Å². The molecule has 2 nitrogen and oxygen atoms in total. The number of halogens is 2. The number of alkyl halides is 2. The Kier molecular flexibility index (Phi) is 4.84. The zero-order valence-corrected chi connectivity index (χ0v) is 13.1. The first-order valence-electron chi connectivity index (χ1n) is 6.12. The second-order valence-corrected chi connectivity index (χ2v) is 7.25. The van der Waals surface area contributed by atoms with Crippen molar-refractivity contribution in [1.29, 1.82) is 0 Å². The van der Waals surface area contributed by atoms with Gasteiger partial charge in [-0.1, -0.05) is 62.2 Å². The van der Waals surface area contributed by atoms with Crippen molar-refractivity contribution in [1.82, 2.24) is 0 Å². The Hall–Kier alpha value is -0.350. The van der Waals surface area contributed by atoms with Gasteiger partial charge in [-0.3, -0.25) is 4.79 Å². The van der Waals surface area contributed by atoms with E-state index in [4.69, 9.17) is 5.11 Å². The van der Waals surface area contributed by atoms with Gasteiger partial charge in [0.05, 0.1) is 5.92 Å². The van der Waals surface area contributed by atoms with Crippen LogP contribution in [0.3, 0.4) is 0 Å². The number of benzene rings is 1. The van der Waals surface area contributed by atoms with Crippen LogP contribution in [-0.4, -0.2) is 20.7 Å². The van der Waals surface area contributed by atoms with E-state index < -0.39 is 5.97 Å². The molecule has 1 aromatic rings. The van der Waals surface area contributed by atoms with E-state index in [2.05, 4.69) is 44.0 Å². The van der Waals surface area contributed by atoms with Crippen LogP contribution in [0.25, 0.3) is 0 Å². The van der Waals surface area contributed by atoms with Crippen LogP contribution in [0.5, 0.6) is 0 Å². The molecule has 98 valence electrons.